The van der Waals surface area contributed by atoms with Gasteiger partial charge < -0.3 is 5.32 Å². The quantitative estimate of drug-likeness (QED) is 0.499. The molecule has 1 unspecified atom stereocenters. The molecule has 0 rings (SSSR count). The Kier molecular flexibility index (Phi) is 9.85. The van der Waals surface area contributed by atoms with Gasteiger partial charge in [-0.3, -0.25) is 0 Å². The highest BCUT2D eigenvalue weighted by Crippen LogP contribution is 2.06. The third-order valence-corrected chi connectivity index (χ3v) is 3.02. The third-order valence-electron chi connectivity index (χ3n) is 1.69. The molecule has 0 saturated heterocycles. The van der Waals surface area contributed by atoms with Crippen molar-refractivity contribution in [3.8, 4) is 11.8 Å². The predicted octanol–water partition coefficient (Wildman–Crippen LogP) is 2.52. The number of rotatable bonds is 7. The summed E-state index contributed by atoms with van der Waals surface area (Å²) in [5.74, 6) is 8.54. The first-order valence-electron chi connectivity index (χ1n) is 5.05. The van der Waals surface area contributed by atoms with Crippen LogP contribution in [0.15, 0.2) is 0 Å². The van der Waals surface area contributed by atoms with Crippen LogP contribution < -0.4 is 5.32 Å². The fraction of sp³-hybridized carbons (Fsp3) is 0.818. The number of hydrogen-bond donors (Lipinski definition) is 1. The first kappa shape index (κ1) is 12.9. The van der Waals surface area contributed by atoms with Gasteiger partial charge in [-0.2, -0.15) is 11.8 Å². The van der Waals surface area contributed by atoms with E-state index in [4.69, 9.17) is 0 Å². The lowest BCUT2D eigenvalue weighted by molar-refractivity contribution is 0.588. The third kappa shape index (κ3) is 8.21. The molecule has 0 spiro atoms. The molecule has 0 heterocycles. The fourth-order valence-corrected chi connectivity index (χ4v) is 2.05. The van der Waals surface area contributed by atoms with E-state index in [-0.39, 0.29) is 0 Å². The van der Waals surface area contributed by atoms with Crippen molar-refractivity contribution in [3.05, 3.63) is 0 Å². The fourth-order valence-electron chi connectivity index (χ4n) is 1.07. The molecule has 0 aliphatic rings. The maximum atomic E-state index is 3.45. The zero-order valence-corrected chi connectivity index (χ0v) is 9.84. The smallest absolute Gasteiger partial charge is 0.0267 e. The molecule has 1 N–H and O–H groups in total. The van der Waals surface area contributed by atoms with E-state index in [0.29, 0.717) is 6.04 Å². The zero-order chi connectivity index (χ0) is 9.94. The number of hydrogen-bond acceptors (Lipinski definition) is 2. The average Bonchev–Trinajstić information content (AvgIpc) is 2.14. The van der Waals surface area contributed by atoms with Crippen molar-refractivity contribution in [1.82, 2.24) is 5.32 Å². The van der Waals surface area contributed by atoms with Gasteiger partial charge in [-0.25, -0.2) is 0 Å². The lowest BCUT2D eigenvalue weighted by Gasteiger charge is -2.14. The normalized spacial score (nSPS) is 11.9. The van der Waals surface area contributed by atoms with Gasteiger partial charge in [0.25, 0.3) is 0 Å². The summed E-state index contributed by atoms with van der Waals surface area (Å²) < 4.78 is 0. The Labute approximate surface area is 87.1 Å². The van der Waals surface area contributed by atoms with Gasteiger partial charge in [0.2, 0.25) is 0 Å². The molecule has 0 amide bonds. The van der Waals surface area contributed by atoms with Gasteiger partial charge in [-0.15, -0.1) is 11.8 Å². The Morgan fingerprint density at radius 3 is 2.69 bits per heavy atom. The van der Waals surface area contributed by atoms with Gasteiger partial charge in [0.15, 0.2) is 0 Å². The molecule has 0 aromatic heterocycles. The second kappa shape index (κ2) is 9.95. The molecule has 0 aromatic carbocycles. The molecule has 13 heavy (non-hydrogen) atoms. The largest absolute Gasteiger partial charge is 0.312 e. The summed E-state index contributed by atoms with van der Waals surface area (Å²) in [4.78, 5) is 0. The molecule has 0 aromatic rings. The van der Waals surface area contributed by atoms with Crippen LogP contribution in [0.5, 0.6) is 0 Å². The lowest BCUT2D eigenvalue weighted by Crippen LogP contribution is -2.30. The monoisotopic (exact) mass is 199 g/mol. The van der Waals surface area contributed by atoms with Gasteiger partial charge in [-0.1, -0.05) is 13.8 Å². The maximum absolute atomic E-state index is 3.45. The van der Waals surface area contributed by atoms with Crippen LogP contribution in [0.1, 0.15) is 33.6 Å². The van der Waals surface area contributed by atoms with Crippen molar-refractivity contribution in [1.29, 1.82) is 0 Å². The first-order chi connectivity index (χ1) is 6.35. The van der Waals surface area contributed by atoms with E-state index in [0.717, 1.165) is 13.0 Å². The van der Waals surface area contributed by atoms with Crippen molar-refractivity contribution in [2.45, 2.75) is 39.7 Å². The molecular weight excluding hydrogens is 178 g/mol. The van der Waals surface area contributed by atoms with Gasteiger partial charge >= 0.3 is 0 Å². The van der Waals surface area contributed by atoms with E-state index in [9.17, 15) is 0 Å². The molecule has 0 bridgehead atoms. The van der Waals surface area contributed by atoms with E-state index in [2.05, 4.69) is 31.0 Å². The SMILES string of the molecule is CC#CCC(CSCCC)NCC. The van der Waals surface area contributed by atoms with Gasteiger partial charge in [0.05, 0.1) is 0 Å². The minimum absolute atomic E-state index is 0.578. The van der Waals surface area contributed by atoms with Crippen molar-refractivity contribution >= 4 is 11.8 Å². The van der Waals surface area contributed by atoms with E-state index in [1.54, 1.807) is 0 Å². The summed E-state index contributed by atoms with van der Waals surface area (Å²) in [6.45, 7) is 7.32. The van der Waals surface area contributed by atoms with Crippen molar-refractivity contribution < 1.29 is 0 Å². The van der Waals surface area contributed by atoms with E-state index < -0.39 is 0 Å². The Hall–Kier alpha value is -0.130. The number of nitrogens with one attached hydrogen (secondary N) is 1. The summed E-state index contributed by atoms with van der Waals surface area (Å²) in [5, 5.41) is 3.45. The molecule has 1 atom stereocenters. The summed E-state index contributed by atoms with van der Waals surface area (Å²) in [5.41, 5.74) is 0. The van der Waals surface area contributed by atoms with Crippen molar-refractivity contribution in [2.24, 2.45) is 0 Å². The highest BCUT2D eigenvalue weighted by atomic mass is 32.2. The topological polar surface area (TPSA) is 12.0 Å². The molecule has 1 nitrogen and oxygen atoms in total. The van der Waals surface area contributed by atoms with E-state index >= 15 is 0 Å². The highest BCUT2D eigenvalue weighted by molar-refractivity contribution is 7.99. The Morgan fingerprint density at radius 1 is 1.38 bits per heavy atom. The van der Waals surface area contributed by atoms with Gasteiger partial charge in [0.1, 0.15) is 0 Å². The van der Waals surface area contributed by atoms with Crippen LogP contribution in [0.2, 0.25) is 0 Å². The molecule has 2 heteroatoms. The van der Waals surface area contributed by atoms with E-state index in [1.807, 2.05) is 18.7 Å². The Balaban J connectivity index is 3.57. The Bertz CT molecular complexity index is 157. The Morgan fingerprint density at radius 2 is 2.15 bits per heavy atom. The van der Waals surface area contributed by atoms with Crippen molar-refractivity contribution in [2.75, 3.05) is 18.1 Å². The number of thioether (sulfide) groups is 1. The standard InChI is InChI=1S/C11H21NS/c1-4-7-8-11(12-6-3)10-13-9-5-2/h11-12H,5-6,8-10H2,1-3H3. The molecule has 0 saturated carbocycles. The summed E-state index contributed by atoms with van der Waals surface area (Å²) in [6.07, 6.45) is 2.25. The summed E-state index contributed by atoms with van der Waals surface area (Å²) in [7, 11) is 0. The minimum atomic E-state index is 0.578. The predicted molar refractivity (Wildman–Crippen MR) is 63.1 cm³/mol. The van der Waals surface area contributed by atoms with Crippen LogP contribution in [-0.4, -0.2) is 24.1 Å². The highest BCUT2D eigenvalue weighted by Gasteiger charge is 2.04. The molecule has 0 radical (unpaired) electrons. The van der Waals surface area contributed by atoms with E-state index in [1.165, 1.54) is 17.9 Å². The van der Waals surface area contributed by atoms with Crippen LogP contribution in [0.25, 0.3) is 0 Å². The molecule has 0 aliphatic carbocycles. The van der Waals surface area contributed by atoms with Crippen molar-refractivity contribution in [3.63, 3.8) is 0 Å². The second-order valence-electron chi connectivity index (χ2n) is 2.96. The van der Waals surface area contributed by atoms with Crippen LogP contribution in [-0.2, 0) is 0 Å². The molecule has 0 fully saturated rings. The second-order valence-corrected chi connectivity index (χ2v) is 4.11. The first-order valence-corrected chi connectivity index (χ1v) is 6.21. The zero-order valence-electron chi connectivity index (χ0n) is 9.02. The van der Waals surface area contributed by atoms with Crippen LogP contribution in [0.4, 0.5) is 0 Å². The molecular formula is C11H21NS. The van der Waals surface area contributed by atoms with Gasteiger partial charge in [-0.05, 0) is 25.6 Å². The molecule has 76 valence electrons. The van der Waals surface area contributed by atoms with Crippen LogP contribution >= 0.6 is 11.8 Å². The average molecular weight is 199 g/mol. The van der Waals surface area contributed by atoms with Gasteiger partial charge in [0, 0.05) is 18.2 Å². The summed E-state index contributed by atoms with van der Waals surface area (Å²) in [6, 6.07) is 0.578. The summed E-state index contributed by atoms with van der Waals surface area (Å²) >= 11 is 2.02. The van der Waals surface area contributed by atoms with Crippen LogP contribution in [0, 0.1) is 11.8 Å². The lowest BCUT2D eigenvalue weighted by atomic mass is 10.2. The minimum Gasteiger partial charge on any atom is -0.312 e. The van der Waals surface area contributed by atoms with Crippen LogP contribution in [0.3, 0.4) is 0 Å². The molecule has 0 aliphatic heterocycles. The maximum Gasteiger partial charge on any atom is 0.0267 e.